The van der Waals surface area contributed by atoms with Crippen molar-refractivity contribution in [2.45, 2.75) is 25.2 Å². The molecule has 1 saturated heterocycles. The molecule has 3 rings (SSSR count). The molecule has 0 radical (unpaired) electrons. The van der Waals surface area contributed by atoms with Crippen molar-refractivity contribution in [3.8, 4) is 0 Å². The van der Waals surface area contributed by atoms with Crippen LogP contribution in [-0.2, 0) is 0 Å². The molecule has 0 saturated carbocycles. The monoisotopic (exact) mass is 331 g/mol. The molecule has 0 aliphatic carbocycles. The molecule has 4 heteroatoms. The first kappa shape index (κ1) is 16.0. The van der Waals surface area contributed by atoms with Crippen LogP contribution in [-0.4, -0.2) is 23.9 Å². The van der Waals surface area contributed by atoms with Crippen LogP contribution in [0.1, 0.15) is 41.1 Å². The lowest BCUT2D eigenvalue weighted by Crippen LogP contribution is -2.34. The fraction of sp³-hybridized carbons (Fsp3) is 0.316. The van der Waals surface area contributed by atoms with E-state index in [1.807, 2.05) is 18.2 Å². The Morgan fingerprint density at radius 1 is 1.09 bits per heavy atom. The fourth-order valence-electron chi connectivity index (χ4n) is 3.18. The van der Waals surface area contributed by atoms with Crippen LogP contribution in [0, 0.1) is 5.82 Å². The average molecular weight is 332 g/mol. The van der Waals surface area contributed by atoms with Crippen molar-refractivity contribution in [1.82, 2.24) is 4.90 Å². The normalized spacial score (nSPS) is 18.5. The Kier molecular flexibility index (Phi) is 4.97. The second-order valence-corrected chi connectivity index (χ2v) is 6.36. The summed E-state index contributed by atoms with van der Waals surface area (Å²) in [5.74, 6) is -0.577. The minimum atomic E-state index is -0.553. The zero-order valence-electron chi connectivity index (χ0n) is 12.8. The predicted octanol–water partition coefficient (Wildman–Crippen LogP) is 4.89. The van der Waals surface area contributed by atoms with Gasteiger partial charge in [-0.05, 0) is 30.5 Å². The quantitative estimate of drug-likeness (QED) is 0.767. The van der Waals surface area contributed by atoms with E-state index in [0.29, 0.717) is 13.1 Å². The summed E-state index contributed by atoms with van der Waals surface area (Å²) in [4.78, 5) is 14.5. The number of carbonyl (C=O) groups is 1. The van der Waals surface area contributed by atoms with Gasteiger partial charge >= 0.3 is 0 Å². The lowest BCUT2D eigenvalue weighted by atomic mass is 9.94. The van der Waals surface area contributed by atoms with E-state index in [1.54, 1.807) is 11.0 Å². The summed E-state index contributed by atoms with van der Waals surface area (Å²) in [5.41, 5.74) is 1.22. The third-order valence-electron chi connectivity index (χ3n) is 4.41. The van der Waals surface area contributed by atoms with E-state index in [-0.39, 0.29) is 22.4 Å². The van der Waals surface area contributed by atoms with Crippen molar-refractivity contribution < 1.29 is 9.18 Å². The molecule has 1 aliphatic heterocycles. The van der Waals surface area contributed by atoms with Gasteiger partial charge in [0.25, 0.3) is 5.91 Å². The molecule has 2 aromatic rings. The molecular formula is C19H19ClFNO. The van der Waals surface area contributed by atoms with E-state index in [9.17, 15) is 9.18 Å². The molecule has 23 heavy (non-hydrogen) atoms. The van der Waals surface area contributed by atoms with Crippen LogP contribution in [0.5, 0.6) is 0 Å². The van der Waals surface area contributed by atoms with Crippen LogP contribution in [0.4, 0.5) is 4.39 Å². The molecule has 1 atom stereocenters. The lowest BCUT2D eigenvalue weighted by Gasteiger charge is -2.25. The van der Waals surface area contributed by atoms with E-state index in [2.05, 4.69) is 12.1 Å². The smallest absolute Gasteiger partial charge is 0.258 e. The Labute approximate surface area is 140 Å². The fourth-order valence-corrected chi connectivity index (χ4v) is 3.43. The lowest BCUT2D eigenvalue weighted by molar-refractivity contribution is 0.0750. The minimum absolute atomic E-state index is 0.0112. The van der Waals surface area contributed by atoms with Crippen LogP contribution in [0.3, 0.4) is 0 Å². The van der Waals surface area contributed by atoms with Gasteiger partial charge in [0.2, 0.25) is 0 Å². The summed E-state index contributed by atoms with van der Waals surface area (Å²) in [7, 11) is 0. The number of halogens is 2. The van der Waals surface area contributed by atoms with Crippen molar-refractivity contribution in [3.63, 3.8) is 0 Å². The standard InChI is InChI=1S/C19H19ClFNO/c20-16-10-6-11-17(21)18(16)19(23)22-12-5-4-9-15(13-22)14-7-2-1-3-8-14/h1-3,6-8,10-11,15H,4-5,9,12-13H2. The molecule has 1 unspecified atom stereocenters. The van der Waals surface area contributed by atoms with Gasteiger partial charge < -0.3 is 4.90 Å². The summed E-state index contributed by atoms with van der Waals surface area (Å²) >= 11 is 6.05. The van der Waals surface area contributed by atoms with Crippen LogP contribution in [0.15, 0.2) is 48.5 Å². The number of benzene rings is 2. The zero-order valence-corrected chi connectivity index (χ0v) is 13.6. The van der Waals surface area contributed by atoms with Crippen LogP contribution >= 0.6 is 11.6 Å². The van der Waals surface area contributed by atoms with E-state index < -0.39 is 5.82 Å². The molecular weight excluding hydrogens is 313 g/mol. The van der Waals surface area contributed by atoms with Gasteiger partial charge in [-0.2, -0.15) is 0 Å². The number of hydrogen-bond acceptors (Lipinski definition) is 1. The number of carbonyl (C=O) groups excluding carboxylic acids is 1. The van der Waals surface area contributed by atoms with Crippen molar-refractivity contribution >= 4 is 17.5 Å². The van der Waals surface area contributed by atoms with Crippen LogP contribution in [0.25, 0.3) is 0 Å². The molecule has 120 valence electrons. The summed E-state index contributed by atoms with van der Waals surface area (Å²) in [6, 6.07) is 14.6. The minimum Gasteiger partial charge on any atom is -0.338 e. The third kappa shape index (κ3) is 3.56. The SMILES string of the molecule is O=C(c1c(F)cccc1Cl)N1CCCCC(c2ccccc2)C1. The van der Waals surface area contributed by atoms with E-state index >= 15 is 0 Å². The summed E-state index contributed by atoms with van der Waals surface area (Å²) in [6.07, 6.45) is 3.04. The first-order chi connectivity index (χ1) is 11.2. The molecule has 2 nitrogen and oxygen atoms in total. The van der Waals surface area contributed by atoms with Crippen molar-refractivity contribution in [2.24, 2.45) is 0 Å². The number of nitrogens with zero attached hydrogens (tertiary/aromatic N) is 1. The van der Waals surface area contributed by atoms with Crippen molar-refractivity contribution in [2.75, 3.05) is 13.1 Å². The average Bonchev–Trinajstić information content (AvgIpc) is 2.81. The molecule has 1 amide bonds. The predicted molar refractivity (Wildman–Crippen MR) is 90.3 cm³/mol. The molecule has 0 bridgehead atoms. The maximum absolute atomic E-state index is 14.0. The number of hydrogen-bond donors (Lipinski definition) is 0. The number of likely N-dealkylation sites (tertiary alicyclic amines) is 1. The van der Waals surface area contributed by atoms with Crippen molar-refractivity contribution in [3.05, 3.63) is 70.5 Å². The highest BCUT2D eigenvalue weighted by Gasteiger charge is 2.26. The van der Waals surface area contributed by atoms with Gasteiger partial charge in [-0.25, -0.2) is 4.39 Å². The van der Waals surface area contributed by atoms with Gasteiger partial charge in [0, 0.05) is 19.0 Å². The zero-order chi connectivity index (χ0) is 16.2. The van der Waals surface area contributed by atoms with Gasteiger partial charge in [0.15, 0.2) is 0 Å². The first-order valence-electron chi connectivity index (χ1n) is 7.95. The largest absolute Gasteiger partial charge is 0.338 e. The Hall–Kier alpha value is -1.87. The van der Waals surface area contributed by atoms with E-state index in [1.165, 1.54) is 17.7 Å². The summed E-state index contributed by atoms with van der Waals surface area (Å²) < 4.78 is 14.0. The molecule has 1 heterocycles. The Balaban J connectivity index is 1.85. The number of amides is 1. The summed E-state index contributed by atoms with van der Waals surface area (Å²) in [5, 5.41) is 0.176. The highest BCUT2D eigenvalue weighted by Crippen LogP contribution is 2.28. The van der Waals surface area contributed by atoms with Crippen LogP contribution in [0.2, 0.25) is 5.02 Å². The molecule has 1 fully saturated rings. The topological polar surface area (TPSA) is 20.3 Å². The van der Waals surface area contributed by atoms with Gasteiger partial charge in [-0.1, -0.05) is 54.4 Å². The van der Waals surface area contributed by atoms with E-state index in [4.69, 9.17) is 11.6 Å². The van der Waals surface area contributed by atoms with Crippen molar-refractivity contribution in [1.29, 1.82) is 0 Å². The second kappa shape index (κ2) is 7.14. The van der Waals surface area contributed by atoms with Gasteiger partial charge in [-0.3, -0.25) is 4.79 Å². The molecule has 1 aliphatic rings. The third-order valence-corrected chi connectivity index (χ3v) is 4.72. The van der Waals surface area contributed by atoms with Gasteiger partial charge in [-0.15, -0.1) is 0 Å². The van der Waals surface area contributed by atoms with E-state index in [0.717, 1.165) is 19.3 Å². The Bertz CT molecular complexity index is 669. The summed E-state index contributed by atoms with van der Waals surface area (Å²) in [6.45, 7) is 1.25. The molecule has 2 aromatic carbocycles. The van der Waals surface area contributed by atoms with Crippen LogP contribution < -0.4 is 0 Å². The maximum Gasteiger partial charge on any atom is 0.258 e. The second-order valence-electron chi connectivity index (χ2n) is 5.95. The first-order valence-corrected chi connectivity index (χ1v) is 8.33. The Morgan fingerprint density at radius 2 is 1.87 bits per heavy atom. The highest BCUT2D eigenvalue weighted by atomic mass is 35.5. The highest BCUT2D eigenvalue weighted by molar-refractivity contribution is 6.33. The molecule has 0 N–H and O–H groups in total. The maximum atomic E-state index is 14.0. The molecule has 0 spiro atoms. The number of rotatable bonds is 2. The van der Waals surface area contributed by atoms with Gasteiger partial charge in [0.1, 0.15) is 5.82 Å². The van der Waals surface area contributed by atoms with Gasteiger partial charge in [0.05, 0.1) is 10.6 Å². The Morgan fingerprint density at radius 3 is 2.61 bits per heavy atom. The molecule has 0 aromatic heterocycles.